The Morgan fingerprint density at radius 3 is 2.46 bits per heavy atom. The molecule has 2 aromatic carbocycles. The normalized spacial score (nSPS) is 12.2. The summed E-state index contributed by atoms with van der Waals surface area (Å²) in [5, 5.41) is 12.1. The second kappa shape index (κ2) is 7.43. The summed E-state index contributed by atoms with van der Waals surface area (Å²) in [6.07, 6.45) is 2.53. The quantitative estimate of drug-likeness (QED) is 0.507. The zero-order valence-electron chi connectivity index (χ0n) is 16.5. The molecule has 2 aromatic heterocycles. The second-order valence-corrected chi connectivity index (χ2v) is 7.45. The van der Waals surface area contributed by atoms with Gasteiger partial charge in [0.2, 0.25) is 0 Å². The fraction of sp³-hybridized carbons (Fsp3) is 0.200. The SMILES string of the molecule is Cc1ccc2ccc(C(Cc3ccccn3)c3ccc(C)c(C)c3)c(O)c2n1. The Balaban J connectivity index is 1.88. The third-order valence-corrected chi connectivity index (χ3v) is 5.45. The highest BCUT2D eigenvalue weighted by Crippen LogP contribution is 2.38. The summed E-state index contributed by atoms with van der Waals surface area (Å²) in [7, 11) is 0. The van der Waals surface area contributed by atoms with E-state index in [1.54, 1.807) is 0 Å². The van der Waals surface area contributed by atoms with E-state index in [-0.39, 0.29) is 11.7 Å². The Bertz CT molecular complexity index is 1140. The number of rotatable bonds is 4. The maximum Gasteiger partial charge on any atom is 0.145 e. The first-order chi connectivity index (χ1) is 13.5. The van der Waals surface area contributed by atoms with Gasteiger partial charge in [-0.3, -0.25) is 4.98 Å². The molecule has 3 nitrogen and oxygen atoms in total. The van der Waals surface area contributed by atoms with Crippen LogP contribution in [0.3, 0.4) is 0 Å². The maximum atomic E-state index is 11.1. The second-order valence-electron chi connectivity index (χ2n) is 7.45. The van der Waals surface area contributed by atoms with Gasteiger partial charge in [-0.1, -0.05) is 42.5 Å². The van der Waals surface area contributed by atoms with Gasteiger partial charge < -0.3 is 5.11 Å². The number of aromatic nitrogens is 2. The van der Waals surface area contributed by atoms with Crippen LogP contribution in [0.2, 0.25) is 0 Å². The molecule has 0 aliphatic rings. The van der Waals surface area contributed by atoms with Crippen LogP contribution in [0.5, 0.6) is 5.75 Å². The Morgan fingerprint density at radius 1 is 0.893 bits per heavy atom. The van der Waals surface area contributed by atoms with E-state index in [0.29, 0.717) is 11.9 Å². The van der Waals surface area contributed by atoms with Crippen molar-refractivity contribution in [2.75, 3.05) is 0 Å². The van der Waals surface area contributed by atoms with Crippen molar-refractivity contribution in [2.24, 2.45) is 0 Å². The third kappa shape index (κ3) is 3.48. The minimum absolute atomic E-state index is 0.000845. The third-order valence-electron chi connectivity index (χ3n) is 5.45. The van der Waals surface area contributed by atoms with Gasteiger partial charge in [0.05, 0.1) is 0 Å². The van der Waals surface area contributed by atoms with E-state index in [1.165, 1.54) is 16.7 Å². The van der Waals surface area contributed by atoms with Crippen LogP contribution in [0.1, 0.15) is 39.6 Å². The van der Waals surface area contributed by atoms with Gasteiger partial charge in [0.25, 0.3) is 0 Å². The Hall–Kier alpha value is -3.20. The van der Waals surface area contributed by atoms with Crippen LogP contribution in [0.25, 0.3) is 10.9 Å². The van der Waals surface area contributed by atoms with Gasteiger partial charge >= 0.3 is 0 Å². The summed E-state index contributed by atoms with van der Waals surface area (Å²) in [5.41, 5.74) is 7.14. The highest BCUT2D eigenvalue weighted by molar-refractivity contribution is 5.86. The lowest BCUT2D eigenvalue weighted by Gasteiger charge is -2.21. The van der Waals surface area contributed by atoms with Crippen molar-refractivity contribution in [1.29, 1.82) is 0 Å². The molecular formula is C25H24N2O. The highest BCUT2D eigenvalue weighted by atomic mass is 16.3. The predicted molar refractivity (Wildman–Crippen MR) is 114 cm³/mol. The Labute approximate surface area is 165 Å². The summed E-state index contributed by atoms with van der Waals surface area (Å²) in [6, 6.07) is 20.5. The molecular weight excluding hydrogens is 344 g/mol. The van der Waals surface area contributed by atoms with E-state index >= 15 is 0 Å². The summed E-state index contributed by atoms with van der Waals surface area (Å²) in [4.78, 5) is 9.10. The molecule has 3 heteroatoms. The zero-order chi connectivity index (χ0) is 19.7. The molecule has 1 unspecified atom stereocenters. The number of nitrogens with zero attached hydrogens (tertiary/aromatic N) is 2. The van der Waals surface area contributed by atoms with Gasteiger partial charge in [0, 0.05) is 40.9 Å². The number of fused-ring (bicyclic) bond motifs is 1. The molecule has 0 spiro atoms. The predicted octanol–water partition coefficient (Wildman–Crippen LogP) is 5.64. The average molecular weight is 368 g/mol. The van der Waals surface area contributed by atoms with E-state index in [9.17, 15) is 5.11 Å². The summed E-state index contributed by atoms with van der Waals surface area (Å²) >= 11 is 0. The number of aryl methyl sites for hydroxylation is 3. The van der Waals surface area contributed by atoms with Crippen molar-refractivity contribution in [1.82, 2.24) is 9.97 Å². The molecule has 1 atom stereocenters. The molecule has 2 heterocycles. The molecule has 0 aliphatic heterocycles. The van der Waals surface area contributed by atoms with Gasteiger partial charge in [-0.25, -0.2) is 4.98 Å². The number of hydrogen-bond acceptors (Lipinski definition) is 3. The lowest BCUT2D eigenvalue weighted by molar-refractivity contribution is 0.469. The van der Waals surface area contributed by atoms with Crippen LogP contribution in [0.15, 0.2) is 66.9 Å². The molecule has 0 saturated heterocycles. The standard InChI is InChI=1S/C25H24N2O/c1-16-7-9-20(14-17(16)2)23(15-21-6-4-5-13-26-21)22-12-11-19-10-8-18(3)27-24(19)25(22)28/h4-14,23,28H,15H2,1-3H3. The zero-order valence-corrected chi connectivity index (χ0v) is 16.5. The van der Waals surface area contributed by atoms with Crippen LogP contribution in [-0.4, -0.2) is 15.1 Å². The van der Waals surface area contributed by atoms with Crippen LogP contribution in [0.4, 0.5) is 0 Å². The van der Waals surface area contributed by atoms with Crippen molar-refractivity contribution in [2.45, 2.75) is 33.1 Å². The number of phenols is 1. The molecule has 4 aromatic rings. The van der Waals surface area contributed by atoms with Crippen molar-refractivity contribution in [3.8, 4) is 5.75 Å². The molecule has 0 fully saturated rings. The van der Waals surface area contributed by atoms with Gasteiger partial charge in [0.15, 0.2) is 0 Å². The summed E-state index contributed by atoms with van der Waals surface area (Å²) in [5.74, 6) is 0.265. The number of hydrogen-bond donors (Lipinski definition) is 1. The molecule has 0 saturated carbocycles. The van der Waals surface area contributed by atoms with Crippen LogP contribution in [0, 0.1) is 20.8 Å². The van der Waals surface area contributed by atoms with Gasteiger partial charge in [-0.2, -0.15) is 0 Å². The van der Waals surface area contributed by atoms with Crippen LogP contribution in [-0.2, 0) is 6.42 Å². The first-order valence-electron chi connectivity index (χ1n) is 9.59. The van der Waals surface area contributed by atoms with Gasteiger partial charge in [-0.15, -0.1) is 0 Å². The monoisotopic (exact) mass is 368 g/mol. The number of phenolic OH excluding ortho intramolecular Hbond substituents is 1. The van der Waals surface area contributed by atoms with E-state index in [1.807, 2.05) is 55.6 Å². The number of pyridine rings is 2. The van der Waals surface area contributed by atoms with Crippen molar-refractivity contribution in [3.63, 3.8) is 0 Å². The van der Waals surface area contributed by atoms with Crippen molar-refractivity contribution >= 4 is 10.9 Å². The first-order valence-corrected chi connectivity index (χ1v) is 9.59. The highest BCUT2D eigenvalue weighted by Gasteiger charge is 2.21. The maximum absolute atomic E-state index is 11.1. The van der Waals surface area contributed by atoms with Crippen LogP contribution < -0.4 is 0 Å². The van der Waals surface area contributed by atoms with Gasteiger partial charge in [0.1, 0.15) is 11.3 Å². The van der Waals surface area contributed by atoms with Crippen molar-refractivity contribution < 1.29 is 5.11 Å². The topological polar surface area (TPSA) is 46.0 Å². The minimum atomic E-state index is 0.000845. The van der Waals surface area contributed by atoms with E-state index < -0.39 is 0 Å². The average Bonchev–Trinajstić information content (AvgIpc) is 2.70. The molecule has 0 bridgehead atoms. The number of aromatic hydroxyl groups is 1. The van der Waals surface area contributed by atoms with Gasteiger partial charge in [-0.05, 0) is 55.7 Å². The molecule has 140 valence electrons. The van der Waals surface area contributed by atoms with Crippen molar-refractivity contribution in [3.05, 3.63) is 101 Å². The molecule has 0 amide bonds. The van der Waals surface area contributed by atoms with E-state index in [4.69, 9.17) is 0 Å². The Morgan fingerprint density at radius 2 is 1.71 bits per heavy atom. The fourth-order valence-corrected chi connectivity index (χ4v) is 3.68. The smallest absolute Gasteiger partial charge is 0.145 e. The molecule has 4 rings (SSSR count). The van der Waals surface area contributed by atoms with E-state index in [0.717, 1.165) is 22.3 Å². The molecule has 0 aliphatic carbocycles. The largest absolute Gasteiger partial charge is 0.505 e. The first kappa shape index (κ1) is 18.2. The fourth-order valence-electron chi connectivity index (χ4n) is 3.68. The van der Waals surface area contributed by atoms with E-state index in [2.05, 4.69) is 42.0 Å². The molecule has 1 N–H and O–H groups in total. The summed E-state index contributed by atoms with van der Waals surface area (Å²) in [6.45, 7) is 6.19. The Kier molecular flexibility index (Phi) is 4.82. The lowest BCUT2D eigenvalue weighted by Crippen LogP contribution is -2.08. The summed E-state index contributed by atoms with van der Waals surface area (Å²) < 4.78 is 0. The lowest BCUT2D eigenvalue weighted by atomic mass is 9.85. The number of benzene rings is 2. The van der Waals surface area contributed by atoms with Crippen LogP contribution >= 0.6 is 0 Å². The molecule has 28 heavy (non-hydrogen) atoms. The molecule has 0 radical (unpaired) electrons. The minimum Gasteiger partial charge on any atom is -0.505 e.